The Balaban J connectivity index is 1.84. The minimum Gasteiger partial charge on any atom is -0.376 e. The van der Waals surface area contributed by atoms with Crippen LogP contribution in [-0.4, -0.2) is 86.0 Å². The average Bonchev–Trinajstić information content (AvgIpc) is 2.97. The van der Waals surface area contributed by atoms with Crippen molar-refractivity contribution in [1.29, 1.82) is 0 Å². The second-order valence-corrected chi connectivity index (χ2v) is 7.22. The predicted molar refractivity (Wildman–Crippen MR) is 93.8 cm³/mol. The van der Waals surface area contributed by atoms with Crippen molar-refractivity contribution in [2.45, 2.75) is 51.0 Å². The summed E-state index contributed by atoms with van der Waals surface area (Å²) in [6.07, 6.45) is 6.51. The maximum absolute atomic E-state index is 12.7. The molecule has 6 heteroatoms. The highest BCUT2D eigenvalue weighted by Crippen LogP contribution is 2.15. The Morgan fingerprint density at radius 3 is 2.75 bits per heavy atom. The Morgan fingerprint density at radius 2 is 2.04 bits per heavy atom. The van der Waals surface area contributed by atoms with Crippen molar-refractivity contribution in [3.05, 3.63) is 0 Å². The molecule has 0 aromatic rings. The summed E-state index contributed by atoms with van der Waals surface area (Å²) >= 11 is 0. The smallest absolute Gasteiger partial charge is 0.224 e. The second kappa shape index (κ2) is 9.99. The average molecular weight is 339 g/mol. The van der Waals surface area contributed by atoms with Crippen molar-refractivity contribution < 1.29 is 14.3 Å². The van der Waals surface area contributed by atoms with Crippen LogP contribution in [0.15, 0.2) is 0 Å². The van der Waals surface area contributed by atoms with Crippen LogP contribution in [0.3, 0.4) is 0 Å². The molecule has 2 fully saturated rings. The molecular weight excluding hydrogens is 306 g/mol. The molecule has 0 spiro atoms. The Labute approximate surface area is 146 Å². The normalized spacial score (nSPS) is 22.0. The van der Waals surface area contributed by atoms with E-state index in [-0.39, 0.29) is 17.9 Å². The molecule has 2 amide bonds. The van der Waals surface area contributed by atoms with E-state index in [0.717, 1.165) is 58.3 Å². The minimum absolute atomic E-state index is 0.143. The van der Waals surface area contributed by atoms with E-state index in [1.807, 2.05) is 23.9 Å². The highest BCUT2D eigenvalue weighted by atomic mass is 16.5. The van der Waals surface area contributed by atoms with E-state index in [0.29, 0.717) is 25.9 Å². The molecule has 2 aliphatic rings. The van der Waals surface area contributed by atoms with Crippen LogP contribution < -0.4 is 0 Å². The summed E-state index contributed by atoms with van der Waals surface area (Å²) < 4.78 is 5.70. The first-order chi connectivity index (χ1) is 11.6. The number of likely N-dealkylation sites (tertiary alicyclic amines) is 1. The molecule has 0 aliphatic carbocycles. The lowest BCUT2D eigenvalue weighted by atomic mass is 10.2. The predicted octanol–water partition coefficient (Wildman–Crippen LogP) is 1.35. The Morgan fingerprint density at radius 1 is 1.21 bits per heavy atom. The van der Waals surface area contributed by atoms with Gasteiger partial charge in [0.2, 0.25) is 11.8 Å². The fourth-order valence-corrected chi connectivity index (χ4v) is 3.34. The van der Waals surface area contributed by atoms with Crippen molar-refractivity contribution in [1.82, 2.24) is 14.7 Å². The zero-order chi connectivity index (χ0) is 17.4. The molecule has 24 heavy (non-hydrogen) atoms. The van der Waals surface area contributed by atoms with Gasteiger partial charge in [0.15, 0.2) is 0 Å². The summed E-state index contributed by atoms with van der Waals surface area (Å²) in [7, 11) is 4.04. The first-order valence-electron chi connectivity index (χ1n) is 9.38. The standard InChI is InChI=1S/C18H33N3O3/c1-19(2)12-13-21(15-16-7-6-14-24-16)18(23)9-11-20-10-5-3-4-8-17(20)22/h16H,3-15H2,1-2H3. The van der Waals surface area contributed by atoms with Gasteiger partial charge in [-0.1, -0.05) is 6.42 Å². The number of ether oxygens (including phenoxy) is 1. The van der Waals surface area contributed by atoms with E-state index < -0.39 is 0 Å². The SMILES string of the molecule is CN(C)CCN(CC1CCCO1)C(=O)CCN1CCCCCC1=O. The van der Waals surface area contributed by atoms with Crippen molar-refractivity contribution in [3.63, 3.8) is 0 Å². The van der Waals surface area contributed by atoms with Gasteiger partial charge in [-0.15, -0.1) is 0 Å². The van der Waals surface area contributed by atoms with Gasteiger partial charge in [0.1, 0.15) is 0 Å². The number of carbonyl (C=O) groups is 2. The lowest BCUT2D eigenvalue weighted by Gasteiger charge is -2.28. The third-order valence-electron chi connectivity index (χ3n) is 4.88. The fourth-order valence-electron chi connectivity index (χ4n) is 3.34. The van der Waals surface area contributed by atoms with Gasteiger partial charge in [0.05, 0.1) is 6.10 Å². The van der Waals surface area contributed by atoms with Gasteiger partial charge in [-0.3, -0.25) is 9.59 Å². The molecule has 6 nitrogen and oxygen atoms in total. The molecule has 2 rings (SSSR count). The summed E-state index contributed by atoms with van der Waals surface area (Å²) in [5.74, 6) is 0.351. The van der Waals surface area contributed by atoms with Crippen molar-refractivity contribution >= 4 is 11.8 Å². The molecule has 0 saturated carbocycles. The van der Waals surface area contributed by atoms with Crippen LogP contribution in [0.2, 0.25) is 0 Å². The summed E-state index contributed by atoms with van der Waals surface area (Å²) in [5.41, 5.74) is 0. The van der Waals surface area contributed by atoms with Gasteiger partial charge >= 0.3 is 0 Å². The Kier molecular flexibility index (Phi) is 7.99. The van der Waals surface area contributed by atoms with Crippen LogP contribution >= 0.6 is 0 Å². The van der Waals surface area contributed by atoms with E-state index >= 15 is 0 Å². The summed E-state index contributed by atoms with van der Waals surface area (Å²) in [6, 6.07) is 0. The topological polar surface area (TPSA) is 53.1 Å². The molecule has 0 aromatic carbocycles. The first kappa shape index (κ1) is 19.2. The van der Waals surface area contributed by atoms with E-state index in [9.17, 15) is 9.59 Å². The van der Waals surface area contributed by atoms with Crippen LogP contribution in [0.4, 0.5) is 0 Å². The van der Waals surface area contributed by atoms with Crippen molar-refractivity contribution in [3.8, 4) is 0 Å². The van der Waals surface area contributed by atoms with Crippen LogP contribution in [0, 0.1) is 0 Å². The molecule has 0 radical (unpaired) electrons. The number of nitrogens with zero attached hydrogens (tertiary/aromatic N) is 3. The van der Waals surface area contributed by atoms with Gasteiger partial charge in [0, 0.05) is 52.2 Å². The minimum atomic E-state index is 0.143. The van der Waals surface area contributed by atoms with Gasteiger partial charge in [-0.25, -0.2) is 0 Å². The summed E-state index contributed by atoms with van der Waals surface area (Å²) in [5, 5.41) is 0. The molecule has 1 unspecified atom stereocenters. The zero-order valence-corrected chi connectivity index (χ0v) is 15.3. The van der Waals surface area contributed by atoms with E-state index in [2.05, 4.69) is 4.90 Å². The molecule has 1 atom stereocenters. The van der Waals surface area contributed by atoms with Gasteiger partial charge in [0.25, 0.3) is 0 Å². The third-order valence-corrected chi connectivity index (χ3v) is 4.88. The summed E-state index contributed by atoms with van der Waals surface area (Å²) in [4.78, 5) is 30.7. The first-order valence-corrected chi connectivity index (χ1v) is 9.38. The molecule has 2 saturated heterocycles. The Bertz CT molecular complexity index is 408. The van der Waals surface area contributed by atoms with Crippen LogP contribution in [0.1, 0.15) is 44.9 Å². The lowest BCUT2D eigenvalue weighted by molar-refractivity contribution is -0.135. The van der Waals surface area contributed by atoms with Gasteiger partial charge in [-0.05, 0) is 39.8 Å². The van der Waals surface area contributed by atoms with Crippen LogP contribution in [-0.2, 0) is 14.3 Å². The number of amides is 2. The van der Waals surface area contributed by atoms with E-state index in [4.69, 9.17) is 4.74 Å². The molecule has 0 bridgehead atoms. The van der Waals surface area contributed by atoms with Crippen molar-refractivity contribution in [2.75, 3.05) is 53.4 Å². The second-order valence-electron chi connectivity index (χ2n) is 7.22. The number of hydrogen-bond donors (Lipinski definition) is 0. The third kappa shape index (κ3) is 6.40. The molecule has 2 aliphatic heterocycles. The Hall–Kier alpha value is -1.14. The van der Waals surface area contributed by atoms with Crippen LogP contribution in [0.25, 0.3) is 0 Å². The molecule has 0 N–H and O–H groups in total. The summed E-state index contributed by atoms with van der Waals surface area (Å²) in [6.45, 7) is 4.42. The van der Waals surface area contributed by atoms with Crippen molar-refractivity contribution in [2.24, 2.45) is 0 Å². The highest BCUT2D eigenvalue weighted by Gasteiger charge is 2.24. The number of carbonyl (C=O) groups excluding carboxylic acids is 2. The monoisotopic (exact) mass is 339 g/mol. The number of hydrogen-bond acceptors (Lipinski definition) is 4. The van der Waals surface area contributed by atoms with Gasteiger partial charge < -0.3 is 19.4 Å². The van der Waals surface area contributed by atoms with E-state index in [1.165, 1.54) is 0 Å². The molecular formula is C18H33N3O3. The molecule has 2 heterocycles. The number of likely N-dealkylation sites (N-methyl/N-ethyl adjacent to an activating group) is 1. The van der Waals surface area contributed by atoms with E-state index in [1.54, 1.807) is 0 Å². The maximum Gasteiger partial charge on any atom is 0.224 e. The number of rotatable bonds is 8. The van der Waals surface area contributed by atoms with Gasteiger partial charge in [-0.2, -0.15) is 0 Å². The molecule has 0 aromatic heterocycles. The lowest BCUT2D eigenvalue weighted by Crippen LogP contribution is -2.43. The maximum atomic E-state index is 12.7. The van der Waals surface area contributed by atoms with Crippen LogP contribution in [0.5, 0.6) is 0 Å². The quantitative estimate of drug-likeness (QED) is 0.670. The molecule has 138 valence electrons. The largest absolute Gasteiger partial charge is 0.376 e. The highest BCUT2D eigenvalue weighted by molar-refractivity contribution is 5.79. The zero-order valence-electron chi connectivity index (χ0n) is 15.3. The fraction of sp³-hybridized carbons (Fsp3) is 0.889.